The minimum absolute atomic E-state index is 0.0986. The maximum absolute atomic E-state index is 12.3. The van der Waals surface area contributed by atoms with E-state index in [4.69, 9.17) is 4.74 Å². The lowest BCUT2D eigenvalue weighted by atomic mass is 10.1. The molecule has 5 nitrogen and oxygen atoms in total. The molecule has 0 radical (unpaired) electrons. The van der Waals surface area contributed by atoms with Gasteiger partial charge >= 0.3 is 0 Å². The van der Waals surface area contributed by atoms with Crippen molar-refractivity contribution < 1.29 is 18.3 Å². The molecule has 0 aliphatic heterocycles. The van der Waals surface area contributed by atoms with Crippen LogP contribution in [0.3, 0.4) is 0 Å². The predicted octanol–water partition coefficient (Wildman–Crippen LogP) is 3.24. The third-order valence-electron chi connectivity index (χ3n) is 2.98. The second-order valence-corrected chi connectivity index (χ2v) is 5.93. The zero-order valence-electron chi connectivity index (χ0n) is 12.8. The second kappa shape index (κ2) is 7.96. The first-order chi connectivity index (χ1) is 11.0. The molecule has 0 aliphatic carbocycles. The molecule has 1 N–H and O–H groups in total. The van der Waals surface area contributed by atoms with Crippen LogP contribution in [0.15, 0.2) is 23.8 Å². The van der Waals surface area contributed by atoms with Gasteiger partial charge in [-0.2, -0.15) is 0 Å². The highest BCUT2D eigenvalue weighted by atomic mass is 32.1. The Morgan fingerprint density at radius 3 is 2.87 bits per heavy atom. The molecule has 0 spiro atoms. The van der Waals surface area contributed by atoms with Gasteiger partial charge in [-0.1, -0.05) is 19.9 Å². The Morgan fingerprint density at radius 2 is 2.17 bits per heavy atom. The van der Waals surface area contributed by atoms with Crippen LogP contribution in [-0.4, -0.2) is 28.9 Å². The molecular formula is C15H17F2N3O2S. The molecule has 2 heterocycles. The van der Waals surface area contributed by atoms with Gasteiger partial charge in [-0.05, 0) is 12.0 Å². The quantitative estimate of drug-likeness (QED) is 0.840. The Balaban J connectivity index is 2.03. The number of carbonyl (C=O) groups excluding carboxylic acids is 1. The van der Waals surface area contributed by atoms with E-state index in [0.29, 0.717) is 10.4 Å². The lowest BCUT2D eigenvalue weighted by molar-refractivity contribution is 0.0787. The minimum Gasteiger partial charge on any atom is -0.471 e. The van der Waals surface area contributed by atoms with Crippen LogP contribution in [0, 0.1) is 0 Å². The van der Waals surface area contributed by atoms with Gasteiger partial charge < -0.3 is 10.1 Å². The monoisotopic (exact) mass is 341 g/mol. The number of alkyl halides is 2. The fraction of sp³-hybridized carbons (Fsp3) is 0.400. The van der Waals surface area contributed by atoms with Crippen LogP contribution < -0.4 is 10.1 Å². The molecule has 0 bridgehead atoms. The summed E-state index contributed by atoms with van der Waals surface area (Å²) < 4.78 is 29.4. The van der Waals surface area contributed by atoms with Crippen LogP contribution in [0.2, 0.25) is 0 Å². The third kappa shape index (κ3) is 4.69. The van der Waals surface area contributed by atoms with Gasteiger partial charge in [0, 0.05) is 18.3 Å². The van der Waals surface area contributed by atoms with Crippen molar-refractivity contribution in [1.29, 1.82) is 0 Å². The van der Waals surface area contributed by atoms with Gasteiger partial charge in [-0.15, -0.1) is 11.3 Å². The van der Waals surface area contributed by atoms with Gasteiger partial charge in [-0.3, -0.25) is 4.79 Å². The average Bonchev–Trinajstić information content (AvgIpc) is 3.01. The maximum Gasteiger partial charge on any atom is 0.272 e. The second-order valence-electron chi connectivity index (χ2n) is 5.07. The van der Waals surface area contributed by atoms with Gasteiger partial charge in [0.1, 0.15) is 4.88 Å². The largest absolute Gasteiger partial charge is 0.471 e. The van der Waals surface area contributed by atoms with Gasteiger partial charge in [-0.25, -0.2) is 18.7 Å². The first-order valence-electron chi connectivity index (χ1n) is 7.05. The molecule has 0 fully saturated rings. The number of halogens is 2. The molecule has 0 saturated carbocycles. The van der Waals surface area contributed by atoms with Crippen molar-refractivity contribution in [1.82, 2.24) is 15.3 Å². The molecule has 23 heavy (non-hydrogen) atoms. The van der Waals surface area contributed by atoms with Crippen LogP contribution in [0.4, 0.5) is 8.78 Å². The number of hydrogen-bond donors (Lipinski definition) is 1. The van der Waals surface area contributed by atoms with Gasteiger partial charge in [0.2, 0.25) is 5.88 Å². The summed E-state index contributed by atoms with van der Waals surface area (Å²) in [4.78, 5) is 20.9. The van der Waals surface area contributed by atoms with E-state index in [0.717, 1.165) is 5.69 Å². The topological polar surface area (TPSA) is 64.1 Å². The molecule has 2 rings (SSSR count). The lowest BCUT2D eigenvalue weighted by Crippen LogP contribution is -2.24. The first kappa shape index (κ1) is 17.3. The summed E-state index contributed by atoms with van der Waals surface area (Å²) in [6.07, 6.45) is -1.13. The summed E-state index contributed by atoms with van der Waals surface area (Å²) in [5.41, 5.74) is 2.91. The highest BCUT2D eigenvalue weighted by Crippen LogP contribution is 2.22. The molecule has 2 aromatic rings. The molecule has 2 aromatic heterocycles. The minimum atomic E-state index is -2.58. The van der Waals surface area contributed by atoms with Crippen molar-refractivity contribution in [2.75, 3.05) is 6.61 Å². The number of ether oxygens (including phenoxy) is 1. The SMILES string of the molecule is CC(C)c1ncsc1C(=O)NCc1cccnc1OCC(F)F. The van der Waals surface area contributed by atoms with Crippen LogP contribution in [0.25, 0.3) is 0 Å². The molecule has 1 amide bonds. The molecule has 8 heteroatoms. The molecular weight excluding hydrogens is 324 g/mol. The zero-order valence-corrected chi connectivity index (χ0v) is 13.6. The number of thiazole rings is 1. The van der Waals surface area contributed by atoms with E-state index in [1.165, 1.54) is 17.5 Å². The van der Waals surface area contributed by atoms with Crippen LogP contribution in [0.5, 0.6) is 5.88 Å². The first-order valence-corrected chi connectivity index (χ1v) is 7.93. The summed E-state index contributed by atoms with van der Waals surface area (Å²) in [5.74, 6) is -0.00771. The smallest absolute Gasteiger partial charge is 0.272 e. The number of rotatable bonds is 7. The molecule has 0 saturated heterocycles. The van der Waals surface area contributed by atoms with Crippen LogP contribution >= 0.6 is 11.3 Å². The Morgan fingerprint density at radius 1 is 1.39 bits per heavy atom. The fourth-order valence-electron chi connectivity index (χ4n) is 1.92. The average molecular weight is 341 g/mol. The number of nitrogens with zero attached hydrogens (tertiary/aromatic N) is 2. The number of amides is 1. The van der Waals surface area contributed by atoms with Crippen molar-refractivity contribution in [3.05, 3.63) is 40.0 Å². The fourth-order valence-corrected chi connectivity index (χ4v) is 2.78. The molecule has 124 valence electrons. The Kier molecular flexibility index (Phi) is 5.97. The van der Waals surface area contributed by atoms with E-state index in [1.807, 2.05) is 13.8 Å². The van der Waals surface area contributed by atoms with Crippen LogP contribution in [0.1, 0.15) is 40.7 Å². The zero-order chi connectivity index (χ0) is 16.8. The third-order valence-corrected chi connectivity index (χ3v) is 3.82. The summed E-state index contributed by atoms with van der Waals surface area (Å²) in [6, 6.07) is 3.33. The Bertz CT molecular complexity index is 662. The molecule has 0 unspecified atom stereocenters. The van der Waals surface area contributed by atoms with E-state index in [1.54, 1.807) is 17.6 Å². The highest BCUT2D eigenvalue weighted by molar-refractivity contribution is 7.11. The molecule has 0 atom stereocenters. The van der Waals surface area contributed by atoms with Crippen molar-refractivity contribution in [2.45, 2.75) is 32.7 Å². The standard InChI is InChI=1S/C15H17F2N3O2S/c1-9(2)12-13(23-8-20-12)14(21)19-6-10-4-3-5-18-15(10)22-7-11(16)17/h3-5,8-9,11H,6-7H2,1-2H3,(H,19,21). The Hall–Kier alpha value is -2.09. The van der Waals surface area contributed by atoms with Gasteiger partial charge in [0.25, 0.3) is 12.3 Å². The van der Waals surface area contributed by atoms with E-state index >= 15 is 0 Å². The van der Waals surface area contributed by atoms with Gasteiger partial charge in [0.15, 0.2) is 6.61 Å². The molecule has 0 aromatic carbocycles. The number of nitrogens with one attached hydrogen (secondary N) is 1. The number of aromatic nitrogens is 2. The predicted molar refractivity (Wildman–Crippen MR) is 83.1 cm³/mol. The van der Waals surface area contributed by atoms with Gasteiger partial charge in [0.05, 0.1) is 11.2 Å². The Labute approximate surface area is 136 Å². The lowest BCUT2D eigenvalue weighted by Gasteiger charge is -2.11. The normalized spacial score (nSPS) is 11.0. The van der Waals surface area contributed by atoms with E-state index < -0.39 is 13.0 Å². The summed E-state index contributed by atoms with van der Waals surface area (Å²) >= 11 is 1.27. The summed E-state index contributed by atoms with van der Waals surface area (Å²) in [6.45, 7) is 3.33. The van der Waals surface area contributed by atoms with Crippen molar-refractivity contribution in [2.24, 2.45) is 0 Å². The maximum atomic E-state index is 12.3. The van der Waals surface area contributed by atoms with Crippen molar-refractivity contribution in [3.63, 3.8) is 0 Å². The van der Waals surface area contributed by atoms with E-state index in [-0.39, 0.29) is 24.2 Å². The van der Waals surface area contributed by atoms with Crippen molar-refractivity contribution in [3.8, 4) is 5.88 Å². The van der Waals surface area contributed by atoms with Crippen LogP contribution in [-0.2, 0) is 6.54 Å². The van der Waals surface area contributed by atoms with E-state index in [9.17, 15) is 13.6 Å². The number of hydrogen-bond acceptors (Lipinski definition) is 5. The van der Waals surface area contributed by atoms with E-state index in [2.05, 4.69) is 15.3 Å². The highest BCUT2D eigenvalue weighted by Gasteiger charge is 2.17. The number of pyridine rings is 1. The number of carbonyl (C=O) groups is 1. The summed E-state index contributed by atoms with van der Waals surface area (Å²) in [7, 11) is 0. The molecule has 0 aliphatic rings. The van der Waals surface area contributed by atoms with Crippen molar-refractivity contribution >= 4 is 17.2 Å². The summed E-state index contributed by atoms with van der Waals surface area (Å²) in [5, 5.41) is 2.75.